The molecule has 2 atom stereocenters. The topological polar surface area (TPSA) is 97.5 Å². The van der Waals surface area contributed by atoms with Crippen molar-refractivity contribution >= 4 is 34.3 Å². The number of rotatable bonds is 11. The molecule has 2 heterocycles. The number of benzene rings is 3. The van der Waals surface area contributed by atoms with Gasteiger partial charge < -0.3 is 25.4 Å². The van der Waals surface area contributed by atoms with Gasteiger partial charge in [-0.05, 0) is 80.7 Å². The van der Waals surface area contributed by atoms with Crippen molar-refractivity contribution in [3.8, 4) is 0 Å². The number of nitrogens with zero attached hydrogens (tertiary/aromatic N) is 2. The lowest BCUT2D eigenvalue weighted by Crippen LogP contribution is -2.47. The van der Waals surface area contributed by atoms with Crippen LogP contribution in [0.4, 0.5) is 5.69 Å². The molecule has 8 heteroatoms. The molecule has 44 heavy (non-hydrogen) atoms. The van der Waals surface area contributed by atoms with Crippen molar-refractivity contribution in [1.82, 2.24) is 20.1 Å². The van der Waals surface area contributed by atoms with Crippen LogP contribution in [0.3, 0.4) is 0 Å². The molecule has 8 nitrogen and oxygen atoms in total. The van der Waals surface area contributed by atoms with Crippen molar-refractivity contribution in [1.29, 1.82) is 0 Å². The smallest absolute Gasteiger partial charge is 0.253 e. The minimum atomic E-state index is -0.760. The molecular weight excluding hydrogens is 550 g/mol. The molecule has 0 unspecified atom stereocenters. The molecule has 0 spiro atoms. The summed E-state index contributed by atoms with van der Waals surface area (Å²) in [6, 6.07) is 24.4. The van der Waals surface area contributed by atoms with E-state index in [4.69, 9.17) is 0 Å². The van der Waals surface area contributed by atoms with Crippen molar-refractivity contribution < 1.29 is 14.4 Å². The highest BCUT2D eigenvalue weighted by Gasteiger charge is 2.30. The molecule has 1 aliphatic rings. The van der Waals surface area contributed by atoms with Crippen LogP contribution in [0.2, 0.25) is 0 Å². The summed E-state index contributed by atoms with van der Waals surface area (Å²) in [4.78, 5) is 47.3. The van der Waals surface area contributed by atoms with Crippen LogP contribution < -0.4 is 10.6 Å². The second-order valence-corrected chi connectivity index (χ2v) is 12.2. The third kappa shape index (κ3) is 7.74. The zero-order chi connectivity index (χ0) is 31.1. The van der Waals surface area contributed by atoms with Crippen LogP contribution in [0.25, 0.3) is 10.9 Å². The van der Waals surface area contributed by atoms with E-state index in [0.717, 1.165) is 47.8 Å². The molecule has 1 aromatic heterocycles. The van der Waals surface area contributed by atoms with Gasteiger partial charge in [0.25, 0.3) is 5.91 Å². The second-order valence-electron chi connectivity index (χ2n) is 12.2. The number of likely N-dealkylation sites (tertiary alicyclic amines) is 1. The zero-order valence-corrected chi connectivity index (χ0v) is 25.9. The third-order valence-electron chi connectivity index (χ3n) is 8.61. The molecule has 1 saturated heterocycles. The molecule has 230 valence electrons. The molecule has 3 aromatic carbocycles. The van der Waals surface area contributed by atoms with E-state index in [0.29, 0.717) is 36.7 Å². The van der Waals surface area contributed by atoms with Crippen LogP contribution in [0, 0.1) is 5.92 Å². The van der Waals surface area contributed by atoms with Gasteiger partial charge in [-0.15, -0.1) is 0 Å². The molecule has 0 bridgehead atoms. The number of amides is 3. The quantitative estimate of drug-likeness (QED) is 0.205. The van der Waals surface area contributed by atoms with Gasteiger partial charge in [0.15, 0.2) is 0 Å². The summed E-state index contributed by atoms with van der Waals surface area (Å²) in [6.45, 7) is 4.13. The summed E-state index contributed by atoms with van der Waals surface area (Å²) in [7, 11) is 4.01. The molecule has 3 amide bonds. The molecule has 1 aliphatic heterocycles. The summed E-state index contributed by atoms with van der Waals surface area (Å²) in [6.07, 6.45) is 4.72. The van der Waals surface area contributed by atoms with Crippen molar-refractivity contribution in [2.45, 2.75) is 51.1 Å². The van der Waals surface area contributed by atoms with Gasteiger partial charge in [-0.25, -0.2) is 0 Å². The lowest BCUT2D eigenvalue weighted by Gasteiger charge is -2.32. The van der Waals surface area contributed by atoms with Gasteiger partial charge in [-0.3, -0.25) is 14.4 Å². The van der Waals surface area contributed by atoms with Crippen LogP contribution >= 0.6 is 0 Å². The van der Waals surface area contributed by atoms with E-state index in [2.05, 4.69) is 20.5 Å². The maximum absolute atomic E-state index is 13.8. The first-order valence-corrected chi connectivity index (χ1v) is 15.5. The number of nitrogens with one attached hydrogen (secondary N) is 3. The van der Waals surface area contributed by atoms with E-state index in [1.807, 2.05) is 111 Å². The van der Waals surface area contributed by atoms with Crippen molar-refractivity contribution in [3.05, 3.63) is 102 Å². The van der Waals surface area contributed by atoms with Crippen molar-refractivity contribution in [2.75, 3.05) is 32.5 Å². The molecule has 0 radical (unpaired) electrons. The summed E-state index contributed by atoms with van der Waals surface area (Å²) in [5, 5.41) is 7.19. The summed E-state index contributed by atoms with van der Waals surface area (Å²) in [5.74, 6) is -0.230. The first-order valence-electron chi connectivity index (χ1n) is 15.5. The predicted octanol–water partition coefficient (Wildman–Crippen LogP) is 5.79. The third-order valence-corrected chi connectivity index (χ3v) is 8.61. The minimum Gasteiger partial charge on any atom is -0.361 e. The fourth-order valence-corrected chi connectivity index (χ4v) is 6.17. The number of aromatic nitrogens is 1. The summed E-state index contributed by atoms with van der Waals surface area (Å²) >= 11 is 0. The monoisotopic (exact) mass is 593 g/mol. The Labute approximate surface area is 259 Å². The van der Waals surface area contributed by atoms with Gasteiger partial charge in [0.05, 0.1) is 0 Å². The van der Waals surface area contributed by atoms with Gasteiger partial charge in [0.2, 0.25) is 11.8 Å². The number of anilines is 1. The predicted molar refractivity (Wildman–Crippen MR) is 175 cm³/mol. The highest BCUT2D eigenvalue weighted by Crippen LogP contribution is 2.29. The van der Waals surface area contributed by atoms with Crippen LogP contribution in [-0.2, 0) is 16.1 Å². The maximum atomic E-state index is 13.8. The number of hydrogen-bond acceptors (Lipinski definition) is 4. The standard InChI is InChI=1S/C36H43N5O3/c1-25(31-23-37-32-15-8-7-14-30(31)32)34(35(43)38-29-13-9-10-27(22-29)24-40(2)3)39-33(42)17-16-26-18-20-41(21-19-26)36(44)28-11-5-4-6-12-28/h4-15,22-23,25-26,34,37H,16-21,24H2,1-3H3,(H,38,43)(H,39,42)/t25-,34+/m0/s1. The zero-order valence-electron chi connectivity index (χ0n) is 25.9. The second kappa shape index (κ2) is 14.4. The molecule has 1 fully saturated rings. The van der Waals surface area contributed by atoms with Crippen LogP contribution in [-0.4, -0.2) is 65.7 Å². The van der Waals surface area contributed by atoms with Crippen LogP contribution in [0.15, 0.2) is 85.1 Å². The van der Waals surface area contributed by atoms with Crippen molar-refractivity contribution in [2.24, 2.45) is 5.92 Å². The Kier molecular flexibility index (Phi) is 10.1. The SMILES string of the molecule is C[C@@H](c1c[nH]c2ccccc12)[C@@H](NC(=O)CCC1CCN(C(=O)c2ccccc2)CC1)C(=O)Nc1cccc(CN(C)C)c1. The van der Waals surface area contributed by atoms with Gasteiger partial charge in [-0.1, -0.05) is 55.5 Å². The number of H-pyrrole nitrogens is 1. The van der Waals surface area contributed by atoms with E-state index in [9.17, 15) is 14.4 Å². The van der Waals surface area contributed by atoms with Gasteiger partial charge >= 0.3 is 0 Å². The number of carbonyl (C=O) groups is 3. The van der Waals surface area contributed by atoms with E-state index >= 15 is 0 Å². The lowest BCUT2D eigenvalue weighted by atomic mass is 9.90. The van der Waals surface area contributed by atoms with Crippen molar-refractivity contribution in [3.63, 3.8) is 0 Å². The highest BCUT2D eigenvalue weighted by molar-refractivity contribution is 5.98. The summed E-state index contributed by atoms with van der Waals surface area (Å²) in [5.41, 5.74) is 4.49. The van der Waals surface area contributed by atoms with Crippen LogP contribution in [0.1, 0.15) is 60.0 Å². The van der Waals surface area contributed by atoms with E-state index in [-0.39, 0.29) is 23.6 Å². The number of piperidine rings is 1. The molecule has 4 aromatic rings. The first-order chi connectivity index (χ1) is 21.3. The van der Waals surface area contributed by atoms with Gasteiger partial charge in [0, 0.05) is 60.3 Å². The summed E-state index contributed by atoms with van der Waals surface area (Å²) < 4.78 is 0. The van der Waals surface area contributed by atoms with Crippen LogP contribution in [0.5, 0.6) is 0 Å². The Morgan fingerprint density at radius 3 is 2.43 bits per heavy atom. The molecular formula is C36H43N5O3. The average molecular weight is 594 g/mol. The number of hydrogen-bond donors (Lipinski definition) is 3. The Hall–Kier alpha value is -4.43. The molecule has 0 aliphatic carbocycles. The highest BCUT2D eigenvalue weighted by atomic mass is 16.2. The Morgan fingerprint density at radius 2 is 1.68 bits per heavy atom. The number of aromatic amines is 1. The maximum Gasteiger partial charge on any atom is 0.253 e. The molecule has 5 rings (SSSR count). The number of carbonyl (C=O) groups excluding carboxylic acids is 3. The molecule has 0 saturated carbocycles. The molecule has 3 N–H and O–H groups in total. The van der Waals surface area contributed by atoms with E-state index < -0.39 is 6.04 Å². The van der Waals surface area contributed by atoms with Gasteiger partial charge in [0.1, 0.15) is 6.04 Å². The number of para-hydroxylation sites is 1. The largest absolute Gasteiger partial charge is 0.361 e. The fraction of sp³-hybridized carbons (Fsp3) is 0.361. The normalized spacial score (nSPS) is 15.2. The Morgan fingerprint density at radius 1 is 0.955 bits per heavy atom. The van der Waals surface area contributed by atoms with E-state index in [1.165, 1.54) is 0 Å². The number of fused-ring (bicyclic) bond motifs is 1. The Balaban J connectivity index is 1.23. The first kappa shape index (κ1) is 31.0. The average Bonchev–Trinajstić information content (AvgIpc) is 3.47. The van der Waals surface area contributed by atoms with E-state index in [1.54, 1.807) is 0 Å². The Bertz CT molecular complexity index is 1570. The minimum absolute atomic E-state index is 0.0640. The lowest BCUT2D eigenvalue weighted by molar-refractivity contribution is -0.127. The fourth-order valence-electron chi connectivity index (χ4n) is 6.17. The van der Waals surface area contributed by atoms with Gasteiger partial charge in [-0.2, -0.15) is 0 Å².